The van der Waals surface area contributed by atoms with E-state index in [0.717, 1.165) is 0 Å². The van der Waals surface area contributed by atoms with Gasteiger partial charge in [0.25, 0.3) is 0 Å². The van der Waals surface area contributed by atoms with Crippen LogP contribution < -0.4 is 10.0 Å². The third-order valence-electron chi connectivity index (χ3n) is 3.55. The Morgan fingerprint density at radius 3 is 2.84 bits per heavy atom. The van der Waals surface area contributed by atoms with Crippen LogP contribution in [0, 0.1) is 0 Å². The van der Waals surface area contributed by atoms with Gasteiger partial charge < -0.3 is 10.1 Å². The molecule has 0 aliphatic carbocycles. The highest BCUT2D eigenvalue weighted by molar-refractivity contribution is 7.89. The number of anilines is 1. The maximum atomic E-state index is 12.5. The van der Waals surface area contributed by atoms with E-state index in [4.69, 9.17) is 4.74 Å². The predicted octanol–water partition coefficient (Wildman–Crippen LogP) is 0.969. The molecule has 0 aromatic carbocycles. The average Bonchev–Trinajstić information content (AvgIpc) is 2.68. The van der Waals surface area contributed by atoms with E-state index in [1.54, 1.807) is 19.3 Å². The van der Waals surface area contributed by atoms with Crippen molar-refractivity contribution < 1.29 is 13.2 Å². The number of pyridine rings is 1. The fourth-order valence-electron chi connectivity index (χ4n) is 2.13. The van der Waals surface area contributed by atoms with Gasteiger partial charge in [-0.3, -0.25) is 0 Å². The molecule has 106 valence electrons. The monoisotopic (exact) mass is 285 g/mol. The summed E-state index contributed by atoms with van der Waals surface area (Å²) in [4.78, 5) is 4.17. The van der Waals surface area contributed by atoms with Crippen LogP contribution in [-0.4, -0.2) is 38.7 Å². The highest BCUT2D eigenvalue weighted by Crippen LogP contribution is 2.28. The molecule has 1 aromatic rings. The van der Waals surface area contributed by atoms with Gasteiger partial charge in [0, 0.05) is 19.9 Å². The minimum Gasteiger partial charge on any atom is -0.376 e. The van der Waals surface area contributed by atoms with E-state index >= 15 is 0 Å². The van der Waals surface area contributed by atoms with E-state index in [2.05, 4.69) is 15.0 Å². The maximum absolute atomic E-state index is 12.5. The first-order chi connectivity index (χ1) is 8.89. The summed E-state index contributed by atoms with van der Waals surface area (Å²) in [5.41, 5.74) is -0.584. The van der Waals surface area contributed by atoms with Crippen molar-refractivity contribution in [2.75, 3.05) is 19.0 Å². The molecule has 2 atom stereocenters. The van der Waals surface area contributed by atoms with E-state index in [1.807, 2.05) is 13.8 Å². The number of nitrogens with one attached hydrogen (secondary N) is 2. The van der Waals surface area contributed by atoms with E-state index in [-0.39, 0.29) is 11.0 Å². The summed E-state index contributed by atoms with van der Waals surface area (Å²) in [6.45, 7) is 4.29. The zero-order valence-corrected chi connectivity index (χ0v) is 12.1. The summed E-state index contributed by atoms with van der Waals surface area (Å²) < 4.78 is 33.1. The fourth-order valence-corrected chi connectivity index (χ4v) is 3.78. The first kappa shape index (κ1) is 14.2. The molecule has 2 N–H and O–H groups in total. The molecular weight excluding hydrogens is 266 g/mol. The van der Waals surface area contributed by atoms with Crippen LogP contribution in [0.2, 0.25) is 0 Å². The normalized spacial score (nSPS) is 27.4. The molecular formula is C12H19N3O3S. The smallest absolute Gasteiger partial charge is 0.244 e. The molecule has 0 saturated carbocycles. The minimum atomic E-state index is -3.63. The van der Waals surface area contributed by atoms with E-state index in [0.29, 0.717) is 18.8 Å². The largest absolute Gasteiger partial charge is 0.376 e. The Morgan fingerprint density at radius 1 is 1.53 bits per heavy atom. The van der Waals surface area contributed by atoms with Gasteiger partial charge in [0.15, 0.2) is 0 Å². The van der Waals surface area contributed by atoms with Crippen LogP contribution in [0.25, 0.3) is 0 Å². The Bertz CT molecular complexity index is 561. The van der Waals surface area contributed by atoms with Gasteiger partial charge in [-0.25, -0.2) is 18.1 Å². The summed E-state index contributed by atoms with van der Waals surface area (Å²) in [6, 6.07) is 3.14. The summed E-state index contributed by atoms with van der Waals surface area (Å²) in [5, 5.41) is 2.79. The van der Waals surface area contributed by atoms with Crippen molar-refractivity contribution in [2.45, 2.75) is 36.8 Å². The Kier molecular flexibility index (Phi) is 3.80. The van der Waals surface area contributed by atoms with Crippen LogP contribution in [-0.2, 0) is 14.8 Å². The number of sulfonamides is 1. The molecule has 0 spiro atoms. The minimum absolute atomic E-state index is 0.151. The van der Waals surface area contributed by atoms with Crippen LogP contribution >= 0.6 is 0 Å². The van der Waals surface area contributed by atoms with Gasteiger partial charge in [-0.15, -0.1) is 0 Å². The average molecular weight is 285 g/mol. The van der Waals surface area contributed by atoms with E-state index in [9.17, 15) is 8.42 Å². The zero-order chi connectivity index (χ0) is 14.1. The quantitative estimate of drug-likeness (QED) is 0.861. The molecule has 1 aliphatic rings. The number of aromatic nitrogens is 1. The highest BCUT2D eigenvalue weighted by atomic mass is 32.2. The number of rotatable bonds is 4. The second-order valence-corrected chi connectivity index (χ2v) is 6.54. The standard InChI is InChI=1S/C12H19N3O3S/c1-9-12(2,6-8-18-9)15-19(16,17)10-5-4-7-14-11(10)13-3/h4-5,7,9,15H,6,8H2,1-3H3,(H,13,14). The van der Waals surface area contributed by atoms with Crippen molar-refractivity contribution >= 4 is 15.8 Å². The fraction of sp³-hybridized carbons (Fsp3) is 0.583. The second kappa shape index (κ2) is 5.07. The lowest BCUT2D eigenvalue weighted by Gasteiger charge is -2.28. The Balaban J connectivity index is 2.33. The van der Waals surface area contributed by atoms with Crippen LogP contribution in [0.4, 0.5) is 5.82 Å². The van der Waals surface area contributed by atoms with Gasteiger partial charge in [-0.05, 0) is 32.4 Å². The summed E-state index contributed by atoms with van der Waals surface area (Å²) in [6.07, 6.45) is 2.05. The third-order valence-corrected chi connectivity index (χ3v) is 5.19. The first-order valence-corrected chi connectivity index (χ1v) is 7.66. The first-order valence-electron chi connectivity index (χ1n) is 6.17. The lowest BCUT2D eigenvalue weighted by molar-refractivity contribution is 0.0957. The van der Waals surface area contributed by atoms with Gasteiger partial charge in [0.05, 0.1) is 11.6 Å². The second-order valence-electron chi connectivity index (χ2n) is 4.89. The molecule has 1 aromatic heterocycles. The molecule has 7 heteroatoms. The summed E-state index contributed by atoms with van der Waals surface area (Å²) in [7, 11) is -1.99. The topological polar surface area (TPSA) is 80.3 Å². The van der Waals surface area contributed by atoms with Crippen molar-refractivity contribution in [3.63, 3.8) is 0 Å². The number of hydrogen-bond acceptors (Lipinski definition) is 5. The van der Waals surface area contributed by atoms with Gasteiger partial charge in [0.2, 0.25) is 10.0 Å². The van der Waals surface area contributed by atoms with Crippen molar-refractivity contribution in [3.8, 4) is 0 Å². The molecule has 2 heterocycles. The summed E-state index contributed by atoms with van der Waals surface area (Å²) >= 11 is 0. The SMILES string of the molecule is CNc1ncccc1S(=O)(=O)NC1(C)CCOC1C. The molecule has 0 amide bonds. The van der Waals surface area contributed by atoms with Gasteiger partial charge in [-0.1, -0.05) is 0 Å². The lowest BCUT2D eigenvalue weighted by atomic mass is 9.97. The van der Waals surface area contributed by atoms with Crippen LogP contribution in [0.1, 0.15) is 20.3 Å². The molecule has 6 nitrogen and oxygen atoms in total. The van der Waals surface area contributed by atoms with Crippen molar-refractivity contribution in [2.24, 2.45) is 0 Å². The van der Waals surface area contributed by atoms with E-state index < -0.39 is 15.6 Å². The van der Waals surface area contributed by atoms with E-state index in [1.165, 1.54) is 6.07 Å². The molecule has 19 heavy (non-hydrogen) atoms. The molecule has 1 saturated heterocycles. The molecule has 1 aliphatic heterocycles. The maximum Gasteiger partial charge on any atom is 0.244 e. The Hall–Kier alpha value is -1.18. The number of ether oxygens (including phenoxy) is 1. The van der Waals surface area contributed by atoms with Crippen molar-refractivity contribution in [1.29, 1.82) is 0 Å². The third kappa shape index (κ3) is 2.72. The molecule has 2 rings (SSSR count). The van der Waals surface area contributed by atoms with Crippen LogP contribution in [0.5, 0.6) is 0 Å². The summed E-state index contributed by atoms with van der Waals surface area (Å²) in [5.74, 6) is 0.338. The van der Waals surface area contributed by atoms with Crippen LogP contribution in [0.3, 0.4) is 0 Å². The highest BCUT2D eigenvalue weighted by Gasteiger charge is 2.41. The Morgan fingerprint density at radius 2 is 2.26 bits per heavy atom. The van der Waals surface area contributed by atoms with Crippen molar-refractivity contribution in [3.05, 3.63) is 18.3 Å². The van der Waals surface area contributed by atoms with Crippen molar-refractivity contribution in [1.82, 2.24) is 9.71 Å². The zero-order valence-electron chi connectivity index (χ0n) is 11.3. The molecule has 1 fully saturated rings. The van der Waals surface area contributed by atoms with Gasteiger partial charge in [-0.2, -0.15) is 0 Å². The van der Waals surface area contributed by atoms with Gasteiger partial charge in [0.1, 0.15) is 10.7 Å². The molecule has 0 bridgehead atoms. The number of hydrogen-bond donors (Lipinski definition) is 2. The number of nitrogens with zero attached hydrogens (tertiary/aromatic N) is 1. The lowest BCUT2D eigenvalue weighted by Crippen LogP contribution is -2.50. The Labute approximate surface area is 113 Å². The molecule has 2 unspecified atom stereocenters. The molecule has 0 radical (unpaired) electrons. The van der Waals surface area contributed by atoms with Gasteiger partial charge >= 0.3 is 0 Å². The predicted molar refractivity (Wildman–Crippen MR) is 72.5 cm³/mol. The van der Waals surface area contributed by atoms with Crippen LogP contribution in [0.15, 0.2) is 23.2 Å².